The van der Waals surface area contributed by atoms with Gasteiger partial charge in [-0.3, -0.25) is 9.59 Å². The molecule has 1 aliphatic heterocycles. The quantitative estimate of drug-likeness (QED) is 0.336. The molecular formula is C15H26O3. The third-order valence-electron chi connectivity index (χ3n) is 3.62. The van der Waals surface area contributed by atoms with Crippen LogP contribution in [0, 0.1) is 5.92 Å². The Kier molecular flexibility index (Phi) is 7.70. The smallest absolute Gasteiger partial charge is 0.317 e. The maximum Gasteiger partial charge on any atom is 0.317 e. The van der Waals surface area contributed by atoms with E-state index in [1.165, 1.54) is 51.4 Å². The van der Waals surface area contributed by atoms with Crippen molar-refractivity contribution in [3.05, 3.63) is 0 Å². The summed E-state index contributed by atoms with van der Waals surface area (Å²) in [5.41, 5.74) is 0. The van der Waals surface area contributed by atoms with Crippen LogP contribution in [-0.2, 0) is 14.3 Å². The molecule has 0 saturated carbocycles. The highest BCUT2D eigenvalue weighted by molar-refractivity contribution is 5.94. The Morgan fingerprint density at radius 3 is 2.00 bits per heavy atom. The first kappa shape index (κ1) is 15.2. The molecule has 3 nitrogen and oxygen atoms in total. The van der Waals surface area contributed by atoms with Crippen LogP contribution < -0.4 is 0 Å². The number of hydrogen-bond donors (Lipinski definition) is 0. The second-order valence-corrected chi connectivity index (χ2v) is 5.31. The van der Waals surface area contributed by atoms with Gasteiger partial charge in [0.15, 0.2) is 0 Å². The molecule has 18 heavy (non-hydrogen) atoms. The van der Waals surface area contributed by atoms with Gasteiger partial charge in [-0.2, -0.15) is 0 Å². The van der Waals surface area contributed by atoms with Crippen molar-refractivity contribution < 1.29 is 14.3 Å². The van der Waals surface area contributed by atoms with E-state index in [-0.39, 0.29) is 17.9 Å². The maximum absolute atomic E-state index is 11.2. The SMILES string of the molecule is CCCCCCCCCCCC1CC(=O)OC1=O. The Balaban J connectivity index is 1.87. The zero-order chi connectivity index (χ0) is 13.2. The largest absolute Gasteiger partial charge is 0.393 e. The summed E-state index contributed by atoms with van der Waals surface area (Å²) in [6, 6.07) is 0. The fraction of sp³-hybridized carbons (Fsp3) is 0.867. The Morgan fingerprint density at radius 2 is 1.50 bits per heavy atom. The summed E-state index contributed by atoms with van der Waals surface area (Å²) in [6.07, 6.45) is 12.6. The third kappa shape index (κ3) is 6.18. The Hall–Kier alpha value is -0.860. The molecule has 1 heterocycles. The fourth-order valence-electron chi connectivity index (χ4n) is 2.44. The molecule has 104 valence electrons. The molecule has 1 aliphatic rings. The van der Waals surface area contributed by atoms with Gasteiger partial charge in [0.2, 0.25) is 0 Å². The van der Waals surface area contributed by atoms with Crippen LogP contribution in [0.5, 0.6) is 0 Å². The van der Waals surface area contributed by atoms with Gasteiger partial charge in [-0.05, 0) is 6.42 Å². The lowest BCUT2D eigenvalue weighted by Crippen LogP contribution is -2.06. The average Bonchev–Trinajstić information content (AvgIpc) is 2.66. The van der Waals surface area contributed by atoms with Crippen LogP contribution in [0.2, 0.25) is 0 Å². The van der Waals surface area contributed by atoms with Gasteiger partial charge < -0.3 is 4.74 Å². The van der Waals surface area contributed by atoms with Gasteiger partial charge in [0.05, 0.1) is 12.3 Å². The molecule has 0 bridgehead atoms. The van der Waals surface area contributed by atoms with Crippen LogP contribution in [0.3, 0.4) is 0 Å². The van der Waals surface area contributed by atoms with E-state index >= 15 is 0 Å². The average molecular weight is 254 g/mol. The number of ether oxygens (including phenoxy) is 1. The second-order valence-electron chi connectivity index (χ2n) is 5.31. The van der Waals surface area contributed by atoms with Crippen LogP contribution in [0.25, 0.3) is 0 Å². The second kappa shape index (κ2) is 9.12. The summed E-state index contributed by atoms with van der Waals surface area (Å²) < 4.78 is 4.53. The summed E-state index contributed by atoms with van der Waals surface area (Å²) in [4.78, 5) is 22.1. The van der Waals surface area contributed by atoms with Crippen molar-refractivity contribution in [3.63, 3.8) is 0 Å². The van der Waals surface area contributed by atoms with E-state index in [4.69, 9.17) is 0 Å². The van der Waals surface area contributed by atoms with Gasteiger partial charge >= 0.3 is 11.9 Å². The molecule has 1 rings (SSSR count). The van der Waals surface area contributed by atoms with E-state index < -0.39 is 0 Å². The molecule has 0 spiro atoms. The van der Waals surface area contributed by atoms with Crippen molar-refractivity contribution >= 4 is 11.9 Å². The summed E-state index contributed by atoms with van der Waals surface area (Å²) >= 11 is 0. The molecule has 0 N–H and O–H groups in total. The van der Waals surface area contributed by atoms with Gasteiger partial charge in [-0.25, -0.2) is 0 Å². The van der Waals surface area contributed by atoms with Crippen molar-refractivity contribution in [2.45, 2.75) is 77.6 Å². The first-order chi connectivity index (χ1) is 8.74. The molecular weight excluding hydrogens is 228 g/mol. The van der Waals surface area contributed by atoms with Crippen molar-refractivity contribution in [2.75, 3.05) is 0 Å². The number of hydrogen-bond acceptors (Lipinski definition) is 3. The molecule has 0 aromatic heterocycles. The summed E-state index contributed by atoms with van der Waals surface area (Å²) in [6.45, 7) is 2.23. The predicted octanol–water partition coefficient (Wildman–Crippen LogP) is 4.00. The highest BCUT2D eigenvalue weighted by atomic mass is 16.6. The van der Waals surface area contributed by atoms with Gasteiger partial charge in [0.1, 0.15) is 0 Å². The van der Waals surface area contributed by atoms with Crippen LogP contribution in [0.4, 0.5) is 0 Å². The molecule has 0 amide bonds. The van der Waals surface area contributed by atoms with E-state index in [9.17, 15) is 9.59 Å². The minimum absolute atomic E-state index is 0.151. The van der Waals surface area contributed by atoms with E-state index in [0.717, 1.165) is 12.8 Å². The van der Waals surface area contributed by atoms with Crippen molar-refractivity contribution in [2.24, 2.45) is 5.92 Å². The molecule has 1 fully saturated rings. The standard InChI is InChI=1S/C15H26O3/c1-2-3-4-5-6-7-8-9-10-11-13-12-14(16)18-15(13)17/h13H,2-12H2,1H3. The van der Waals surface area contributed by atoms with Crippen molar-refractivity contribution in [3.8, 4) is 0 Å². The van der Waals surface area contributed by atoms with E-state index in [1.54, 1.807) is 0 Å². The van der Waals surface area contributed by atoms with Crippen LogP contribution in [0.15, 0.2) is 0 Å². The first-order valence-electron chi connectivity index (χ1n) is 7.48. The molecule has 0 radical (unpaired) electrons. The highest BCUT2D eigenvalue weighted by Crippen LogP contribution is 2.22. The summed E-state index contributed by atoms with van der Waals surface area (Å²) in [5.74, 6) is -0.803. The first-order valence-corrected chi connectivity index (χ1v) is 7.48. The van der Waals surface area contributed by atoms with E-state index in [1.807, 2.05) is 0 Å². The predicted molar refractivity (Wildman–Crippen MR) is 71.1 cm³/mol. The number of carbonyl (C=O) groups excluding carboxylic acids is 2. The molecule has 1 saturated heterocycles. The number of rotatable bonds is 10. The minimum atomic E-state index is -0.346. The normalized spacial score (nSPS) is 19.3. The Morgan fingerprint density at radius 1 is 0.944 bits per heavy atom. The molecule has 0 aromatic rings. The fourth-order valence-corrected chi connectivity index (χ4v) is 2.44. The van der Waals surface area contributed by atoms with Crippen molar-refractivity contribution in [1.82, 2.24) is 0 Å². The topological polar surface area (TPSA) is 43.4 Å². The third-order valence-corrected chi connectivity index (χ3v) is 3.62. The molecule has 1 atom stereocenters. The molecule has 0 aromatic carbocycles. The molecule has 3 heteroatoms. The Labute approximate surface area is 110 Å². The van der Waals surface area contributed by atoms with E-state index in [0.29, 0.717) is 6.42 Å². The van der Waals surface area contributed by atoms with Crippen LogP contribution in [-0.4, -0.2) is 11.9 Å². The lowest BCUT2D eigenvalue weighted by Gasteiger charge is -2.04. The number of unbranched alkanes of at least 4 members (excludes halogenated alkanes) is 8. The van der Waals surface area contributed by atoms with Gasteiger partial charge in [0, 0.05) is 0 Å². The van der Waals surface area contributed by atoms with Gasteiger partial charge in [-0.15, -0.1) is 0 Å². The van der Waals surface area contributed by atoms with E-state index in [2.05, 4.69) is 11.7 Å². The molecule has 1 unspecified atom stereocenters. The lowest BCUT2D eigenvalue weighted by atomic mass is 9.99. The number of cyclic esters (lactones) is 2. The summed E-state index contributed by atoms with van der Waals surface area (Å²) in [7, 11) is 0. The lowest BCUT2D eigenvalue weighted by molar-refractivity contribution is -0.153. The monoisotopic (exact) mass is 254 g/mol. The minimum Gasteiger partial charge on any atom is -0.393 e. The van der Waals surface area contributed by atoms with Crippen molar-refractivity contribution in [1.29, 1.82) is 0 Å². The van der Waals surface area contributed by atoms with Crippen LogP contribution >= 0.6 is 0 Å². The van der Waals surface area contributed by atoms with Crippen LogP contribution in [0.1, 0.15) is 77.6 Å². The number of carbonyl (C=O) groups is 2. The highest BCUT2D eigenvalue weighted by Gasteiger charge is 2.32. The summed E-state index contributed by atoms with van der Waals surface area (Å²) in [5, 5.41) is 0. The van der Waals surface area contributed by atoms with Gasteiger partial charge in [-0.1, -0.05) is 64.7 Å². The van der Waals surface area contributed by atoms with Gasteiger partial charge in [0.25, 0.3) is 0 Å². The number of esters is 2. The zero-order valence-corrected chi connectivity index (χ0v) is 11.6. The Bertz CT molecular complexity index is 260. The zero-order valence-electron chi connectivity index (χ0n) is 11.6. The molecule has 0 aliphatic carbocycles. The maximum atomic E-state index is 11.2.